The minimum atomic E-state index is -3.37. The summed E-state index contributed by atoms with van der Waals surface area (Å²) in [6.07, 6.45) is -0.482. The molecule has 0 aliphatic heterocycles. The molecule has 0 heterocycles. The van der Waals surface area contributed by atoms with E-state index in [-0.39, 0.29) is 17.7 Å². The molecule has 0 spiro atoms. The molecule has 0 bridgehead atoms. The number of hydrogen-bond acceptors (Lipinski definition) is 4. The third-order valence-electron chi connectivity index (χ3n) is 2.30. The minimum absolute atomic E-state index is 0.119. The molecule has 0 aromatic heterocycles. The van der Waals surface area contributed by atoms with Crippen molar-refractivity contribution in [3.63, 3.8) is 0 Å². The molecule has 1 aromatic rings. The zero-order valence-electron chi connectivity index (χ0n) is 12.7. The van der Waals surface area contributed by atoms with Crippen LogP contribution in [0.3, 0.4) is 0 Å². The van der Waals surface area contributed by atoms with E-state index in [1.54, 1.807) is 39.8 Å². The van der Waals surface area contributed by atoms with Crippen LogP contribution in [0.2, 0.25) is 0 Å². The monoisotopic (exact) mass is 318 g/mol. The summed E-state index contributed by atoms with van der Waals surface area (Å²) in [4.78, 5) is 0.635. The summed E-state index contributed by atoms with van der Waals surface area (Å²) in [7, 11) is -4.77. The second-order valence-corrected chi connectivity index (χ2v) is 9.05. The largest absolute Gasteiger partial charge is 0.343 e. The zero-order valence-corrected chi connectivity index (χ0v) is 14.4. The fourth-order valence-corrected chi connectivity index (χ4v) is 5.64. The predicted molar refractivity (Wildman–Crippen MR) is 82.5 cm³/mol. The van der Waals surface area contributed by atoms with Crippen molar-refractivity contribution >= 4 is 18.4 Å². The third-order valence-corrected chi connectivity index (χ3v) is 6.79. The van der Waals surface area contributed by atoms with Crippen LogP contribution in [-0.2, 0) is 24.4 Å². The number of hydrogen-bond donors (Lipinski definition) is 0. The lowest BCUT2D eigenvalue weighted by Gasteiger charge is -2.22. The summed E-state index contributed by atoms with van der Waals surface area (Å²) in [6.45, 7) is 9.09. The van der Waals surface area contributed by atoms with Crippen molar-refractivity contribution in [1.29, 1.82) is 0 Å². The lowest BCUT2D eigenvalue weighted by molar-refractivity contribution is 0.145. The Morgan fingerprint density at radius 3 is 1.90 bits per heavy atom. The maximum absolute atomic E-state index is 12.6. The summed E-state index contributed by atoms with van der Waals surface area (Å²) in [5.74, 6) is 0. The van der Waals surface area contributed by atoms with Gasteiger partial charge in [-0.25, -0.2) is 0 Å². The van der Waals surface area contributed by atoms with E-state index in [4.69, 9.17) is 9.05 Å². The Labute approximate surface area is 123 Å². The second kappa shape index (κ2) is 7.51. The maximum atomic E-state index is 12.6. The van der Waals surface area contributed by atoms with Gasteiger partial charge in [0.05, 0.1) is 23.0 Å². The lowest BCUT2D eigenvalue weighted by atomic mass is 10.2. The van der Waals surface area contributed by atoms with E-state index >= 15 is 0 Å². The fraction of sp³-hybridized carbons (Fsp3) is 0.571. The number of aryl methyl sites for hydroxylation is 1. The minimum Gasteiger partial charge on any atom is -0.305 e. The van der Waals surface area contributed by atoms with Crippen LogP contribution in [0.4, 0.5) is 0 Å². The molecule has 0 N–H and O–H groups in total. The molecule has 1 unspecified atom stereocenters. The van der Waals surface area contributed by atoms with Crippen LogP contribution in [0.5, 0.6) is 0 Å². The van der Waals surface area contributed by atoms with Crippen molar-refractivity contribution in [2.24, 2.45) is 0 Å². The molecule has 0 aliphatic rings. The highest BCUT2D eigenvalue weighted by Gasteiger charge is 2.30. The van der Waals surface area contributed by atoms with Gasteiger partial charge in [0.2, 0.25) is 0 Å². The van der Waals surface area contributed by atoms with Gasteiger partial charge >= 0.3 is 7.60 Å². The third kappa shape index (κ3) is 5.88. The Hall–Kier alpha value is -0.480. The van der Waals surface area contributed by atoms with Crippen molar-refractivity contribution in [1.82, 2.24) is 0 Å². The first-order chi connectivity index (χ1) is 9.22. The highest BCUT2D eigenvalue weighted by Crippen LogP contribution is 2.51. The van der Waals surface area contributed by atoms with Crippen molar-refractivity contribution < 1.29 is 17.8 Å². The molecular formula is C14H23O4PS. The number of rotatable bonds is 7. The van der Waals surface area contributed by atoms with Crippen molar-refractivity contribution in [3.8, 4) is 0 Å². The highest BCUT2D eigenvalue weighted by molar-refractivity contribution is 7.92. The van der Waals surface area contributed by atoms with Gasteiger partial charge in [-0.3, -0.25) is 8.77 Å². The average molecular weight is 318 g/mol. The van der Waals surface area contributed by atoms with Crippen molar-refractivity contribution in [3.05, 3.63) is 29.8 Å². The Morgan fingerprint density at radius 1 is 1.05 bits per heavy atom. The Balaban J connectivity index is 2.86. The van der Waals surface area contributed by atoms with Gasteiger partial charge < -0.3 is 9.05 Å². The SMILES string of the molecule is Cc1ccc(S(=O)CP(=O)(OC(C)C)OC(C)C)cc1. The van der Waals surface area contributed by atoms with E-state index in [0.29, 0.717) is 4.90 Å². The molecule has 4 nitrogen and oxygen atoms in total. The van der Waals surface area contributed by atoms with Crippen LogP contribution in [0.1, 0.15) is 33.3 Å². The predicted octanol–water partition coefficient (Wildman–Crippen LogP) is 4.10. The number of benzene rings is 1. The average Bonchev–Trinajstić information content (AvgIpc) is 2.26. The van der Waals surface area contributed by atoms with Crippen LogP contribution in [0.15, 0.2) is 29.2 Å². The molecule has 1 rings (SSSR count). The second-order valence-electron chi connectivity index (χ2n) is 5.21. The van der Waals surface area contributed by atoms with Crippen LogP contribution in [0.25, 0.3) is 0 Å². The van der Waals surface area contributed by atoms with E-state index in [1.807, 2.05) is 19.1 Å². The molecule has 6 heteroatoms. The maximum Gasteiger partial charge on any atom is 0.343 e. The van der Waals surface area contributed by atoms with Gasteiger partial charge in [0.1, 0.15) is 5.49 Å². The standard InChI is InChI=1S/C14H23O4PS/c1-11(2)17-19(15,18-12(3)4)10-20(16)14-8-6-13(5)7-9-14/h6-9,11-12H,10H2,1-5H3. The first-order valence-electron chi connectivity index (χ1n) is 6.63. The van der Waals surface area contributed by atoms with E-state index in [9.17, 15) is 8.77 Å². The first kappa shape index (κ1) is 17.6. The molecule has 0 radical (unpaired) electrons. The van der Waals surface area contributed by atoms with Crippen molar-refractivity contribution in [2.75, 3.05) is 5.49 Å². The Morgan fingerprint density at radius 2 is 1.50 bits per heavy atom. The van der Waals surface area contributed by atoms with E-state index in [0.717, 1.165) is 5.56 Å². The van der Waals surface area contributed by atoms with E-state index in [2.05, 4.69) is 0 Å². The molecule has 0 fully saturated rings. The molecule has 0 amide bonds. The molecule has 1 aromatic carbocycles. The fourth-order valence-electron chi connectivity index (χ4n) is 1.64. The van der Waals surface area contributed by atoms with Gasteiger partial charge in [0, 0.05) is 4.90 Å². The molecule has 0 saturated carbocycles. The van der Waals surface area contributed by atoms with Gasteiger partial charge in [-0.1, -0.05) is 17.7 Å². The van der Waals surface area contributed by atoms with Crippen LogP contribution >= 0.6 is 7.60 Å². The van der Waals surface area contributed by atoms with Gasteiger partial charge in [-0.15, -0.1) is 0 Å². The van der Waals surface area contributed by atoms with Crippen LogP contribution < -0.4 is 0 Å². The van der Waals surface area contributed by atoms with E-state index in [1.165, 1.54) is 0 Å². The topological polar surface area (TPSA) is 52.6 Å². The van der Waals surface area contributed by atoms with Crippen LogP contribution in [0, 0.1) is 6.92 Å². The van der Waals surface area contributed by atoms with Crippen LogP contribution in [-0.4, -0.2) is 21.9 Å². The summed E-state index contributed by atoms with van der Waals surface area (Å²) in [5.41, 5.74) is 0.970. The molecule has 1 atom stereocenters. The summed E-state index contributed by atoms with van der Waals surface area (Å²) >= 11 is 0. The highest BCUT2D eigenvalue weighted by atomic mass is 32.2. The molecule has 114 valence electrons. The van der Waals surface area contributed by atoms with Gasteiger partial charge in [0.25, 0.3) is 0 Å². The van der Waals surface area contributed by atoms with E-state index < -0.39 is 18.4 Å². The lowest BCUT2D eigenvalue weighted by Crippen LogP contribution is -2.12. The molecular weight excluding hydrogens is 295 g/mol. The van der Waals surface area contributed by atoms with Gasteiger partial charge in [-0.05, 0) is 46.8 Å². The Kier molecular flexibility index (Phi) is 6.59. The molecule has 0 aliphatic carbocycles. The normalized spacial score (nSPS) is 13.9. The zero-order chi connectivity index (χ0) is 15.3. The van der Waals surface area contributed by atoms with Gasteiger partial charge in [-0.2, -0.15) is 0 Å². The first-order valence-corrected chi connectivity index (χ1v) is 9.67. The van der Waals surface area contributed by atoms with Crippen molar-refractivity contribution in [2.45, 2.75) is 51.7 Å². The quantitative estimate of drug-likeness (QED) is 0.710. The summed E-state index contributed by atoms with van der Waals surface area (Å²) < 4.78 is 35.8. The smallest absolute Gasteiger partial charge is 0.305 e. The Bertz CT molecular complexity index is 482. The molecule has 0 saturated heterocycles. The summed E-state index contributed by atoms with van der Waals surface area (Å²) in [6, 6.07) is 7.32. The molecule has 20 heavy (non-hydrogen) atoms. The van der Waals surface area contributed by atoms with Gasteiger partial charge in [0.15, 0.2) is 0 Å². The summed E-state index contributed by atoms with van der Waals surface area (Å²) in [5, 5.41) is 0.